The van der Waals surface area contributed by atoms with E-state index >= 15 is 0 Å². The van der Waals surface area contributed by atoms with Gasteiger partial charge in [0.1, 0.15) is 0 Å². The minimum absolute atomic E-state index is 0.233. The molecule has 0 saturated carbocycles. The monoisotopic (exact) mass is 128 g/mol. The van der Waals surface area contributed by atoms with E-state index < -0.39 is 0 Å². The summed E-state index contributed by atoms with van der Waals surface area (Å²) < 4.78 is 0. The Balaban J connectivity index is 3.48. The Morgan fingerprint density at radius 1 is 1.44 bits per heavy atom. The van der Waals surface area contributed by atoms with E-state index in [0.29, 0.717) is 0 Å². The van der Waals surface area contributed by atoms with E-state index in [1.807, 2.05) is 0 Å². The van der Waals surface area contributed by atoms with Crippen LogP contribution in [0.15, 0.2) is 11.6 Å². The highest BCUT2D eigenvalue weighted by Crippen LogP contribution is 2.01. The van der Waals surface area contributed by atoms with Crippen molar-refractivity contribution in [1.29, 1.82) is 0 Å². The van der Waals surface area contributed by atoms with Gasteiger partial charge in [-0.15, -0.1) is 0 Å². The second kappa shape index (κ2) is 5.83. The molecule has 0 aromatic carbocycles. The summed E-state index contributed by atoms with van der Waals surface area (Å²) in [5, 5.41) is 8.68. The minimum atomic E-state index is 0.233. The maximum absolute atomic E-state index is 8.68. The van der Waals surface area contributed by atoms with Gasteiger partial charge >= 0.3 is 0 Å². The number of hydrogen-bond donors (Lipinski definition) is 1. The lowest BCUT2D eigenvalue weighted by atomic mass is 10.1. The third kappa shape index (κ3) is 4.22. The molecule has 0 saturated heterocycles. The van der Waals surface area contributed by atoms with Crippen LogP contribution in [0.4, 0.5) is 0 Å². The molecule has 0 aliphatic rings. The Hall–Kier alpha value is -0.300. The van der Waals surface area contributed by atoms with E-state index in [1.54, 1.807) is 0 Å². The van der Waals surface area contributed by atoms with Gasteiger partial charge in [0.15, 0.2) is 0 Å². The van der Waals surface area contributed by atoms with Gasteiger partial charge in [0.05, 0.1) is 6.61 Å². The van der Waals surface area contributed by atoms with Crippen molar-refractivity contribution in [3.05, 3.63) is 11.6 Å². The fourth-order valence-corrected chi connectivity index (χ4v) is 0.669. The first-order valence-electron chi connectivity index (χ1n) is 3.63. The van der Waals surface area contributed by atoms with Gasteiger partial charge in [-0.05, 0) is 18.4 Å². The van der Waals surface area contributed by atoms with Gasteiger partial charge in [-0.2, -0.15) is 0 Å². The van der Waals surface area contributed by atoms with E-state index in [1.165, 1.54) is 6.42 Å². The largest absolute Gasteiger partial charge is 0.392 e. The molecule has 1 heteroatoms. The van der Waals surface area contributed by atoms with Crippen LogP contribution in [-0.2, 0) is 0 Å². The molecular formula is C8H16O. The molecule has 9 heavy (non-hydrogen) atoms. The predicted octanol–water partition coefficient (Wildman–Crippen LogP) is 2.12. The van der Waals surface area contributed by atoms with Crippen molar-refractivity contribution in [2.24, 2.45) is 0 Å². The Labute approximate surface area is 57.4 Å². The van der Waals surface area contributed by atoms with Crippen molar-refractivity contribution in [2.75, 3.05) is 6.61 Å². The maximum Gasteiger partial charge on any atom is 0.0641 e. The van der Waals surface area contributed by atoms with Gasteiger partial charge < -0.3 is 5.11 Å². The second-order valence-electron chi connectivity index (χ2n) is 2.16. The van der Waals surface area contributed by atoms with E-state index in [0.717, 1.165) is 18.4 Å². The third-order valence-electron chi connectivity index (χ3n) is 1.38. The Morgan fingerprint density at radius 2 is 2.11 bits per heavy atom. The van der Waals surface area contributed by atoms with Crippen LogP contribution in [-0.4, -0.2) is 11.7 Å². The molecule has 0 aromatic heterocycles. The van der Waals surface area contributed by atoms with Crippen molar-refractivity contribution in [3.63, 3.8) is 0 Å². The zero-order valence-electron chi connectivity index (χ0n) is 6.35. The standard InChI is InChI=1S/C8H16O/c1-3-5-6-8(4-2)7-9/h6,9H,3-5,7H2,1-2H3/b8-6+. The molecular weight excluding hydrogens is 112 g/mol. The number of unbranched alkanes of at least 4 members (excludes halogenated alkanes) is 1. The minimum Gasteiger partial charge on any atom is -0.392 e. The van der Waals surface area contributed by atoms with Crippen LogP contribution in [0.25, 0.3) is 0 Å². The summed E-state index contributed by atoms with van der Waals surface area (Å²) in [6, 6.07) is 0. The van der Waals surface area contributed by atoms with Crippen LogP contribution in [0.3, 0.4) is 0 Å². The average Bonchev–Trinajstić information content (AvgIpc) is 1.91. The molecule has 0 atom stereocenters. The SMILES string of the molecule is CCC/C=C(\CC)CO. The Bertz CT molecular complexity index is 78.6. The lowest BCUT2D eigenvalue weighted by molar-refractivity contribution is 0.327. The summed E-state index contributed by atoms with van der Waals surface area (Å²) in [7, 11) is 0. The first kappa shape index (κ1) is 8.70. The van der Waals surface area contributed by atoms with E-state index in [2.05, 4.69) is 19.9 Å². The zero-order chi connectivity index (χ0) is 7.11. The number of allylic oxidation sites excluding steroid dienone is 1. The molecule has 1 nitrogen and oxygen atoms in total. The molecule has 0 rings (SSSR count). The molecule has 1 N–H and O–H groups in total. The average molecular weight is 128 g/mol. The van der Waals surface area contributed by atoms with Crippen LogP contribution in [0.2, 0.25) is 0 Å². The molecule has 0 spiro atoms. The predicted molar refractivity (Wildman–Crippen MR) is 40.4 cm³/mol. The molecule has 0 aliphatic carbocycles. The first-order valence-corrected chi connectivity index (χ1v) is 3.63. The van der Waals surface area contributed by atoms with Gasteiger partial charge in [0.25, 0.3) is 0 Å². The zero-order valence-corrected chi connectivity index (χ0v) is 6.35. The lowest BCUT2D eigenvalue weighted by Gasteiger charge is -1.96. The molecule has 0 aliphatic heterocycles. The highest BCUT2D eigenvalue weighted by atomic mass is 16.3. The summed E-state index contributed by atoms with van der Waals surface area (Å²) in [6.45, 7) is 4.44. The second-order valence-corrected chi connectivity index (χ2v) is 2.16. The summed E-state index contributed by atoms with van der Waals surface area (Å²) in [4.78, 5) is 0. The van der Waals surface area contributed by atoms with Gasteiger partial charge in [-0.1, -0.05) is 26.3 Å². The molecule has 0 unspecified atom stereocenters. The van der Waals surface area contributed by atoms with E-state index in [9.17, 15) is 0 Å². The Kier molecular flexibility index (Phi) is 5.64. The van der Waals surface area contributed by atoms with E-state index in [-0.39, 0.29) is 6.61 Å². The highest BCUT2D eigenvalue weighted by molar-refractivity contribution is 5.00. The summed E-state index contributed by atoms with van der Waals surface area (Å²) in [5.41, 5.74) is 1.16. The fraction of sp³-hybridized carbons (Fsp3) is 0.750. The molecule has 54 valence electrons. The smallest absolute Gasteiger partial charge is 0.0641 e. The van der Waals surface area contributed by atoms with Gasteiger partial charge in [0.2, 0.25) is 0 Å². The molecule has 0 bridgehead atoms. The van der Waals surface area contributed by atoms with Gasteiger partial charge in [-0.25, -0.2) is 0 Å². The topological polar surface area (TPSA) is 20.2 Å². The number of aliphatic hydroxyl groups is 1. The molecule has 0 amide bonds. The van der Waals surface area contributed by atoms with Crippen molar-refractivity contribution in [2.45, 2.75) is 33.1 Å². The van der Waals surface area contributed by atoms with Crippen LogP contribution in [0.5, 0.6) is 0 Å². The highest BCUT2D eigenvalue weighted by Gasteiger charge is 1.87. The van der Waals surface area contributed by atoms with Gasteiger partial charge in [-0.3, -0.25) is 0 Å². The number of hydrogen-bond acceptors (Lipinski definition) is 1. The summed E-state index contributed by atoms with van der Waals surface area (Å²) in [5.74, 6) is 0. The third-order valence-corrected chi connectivity index (χ3v) is 1.38. The van der Waals surface area contributed by atoms with Crippen LogP contribution in [0.1, 0.15) is 33.1 Å². The van der Waals surface area contributed by atoms with E-state index in [4.69, 9.17) is 5.11 Å². The summed E-state index contributed by atoms with van der Waals surface area (Å²) in [6.07, 6.45) is 5.38. The van der Waals surface area contributed by atoms with Crippen LogP contribution < -0.4 is 0 Å². The normalized spacial score (nSPS) is 12.1. The number of rotatable bonds is 4. The van der Waals surface area contributed by atoms with Crippen LogP contribution in [0, 0.1) is 0 Å². The summed E-state index contributed by atoms with van der Waals surface area (Å²) >= 11 is 0. The quantitative estimate of drug-likeness (QED) is 0.575. The van der Waals surface area contributed by atoms with Crippen molar-refractivity contribution in [1.82, 2.24) is 0 Å². The first-order chi connectivity index (χ1) is 4.35. The molecule has 0 heterocycles. The van der Waals surface area contributed by atoms with Crippen molar-refractivity contribution in [3.8, 4) is 0 Å². The Morgan fingerprint density at radius 3 is 2.44 bits per heavy atom. The van der Waals surface area contributed by atoms with Crippen LogP contribution >= 0.6 is 0 Å². The fourth-order valence-electron chi connectivity index (χ4n) is 0.669. The molecule has 0 aromatic rings. The van der Waals surface area contributed by atoms with Crippen molar-refractivity contribution < 1.29 is 5.11 Å². The van der Waals surface area contributed by atoms with Crippen molar-refractivity contribution >= 4 is 0 Å². The maximum atomic E-state index is 8.68. The lowest BCUT2D eigenvalue weighted by Crippen LogP contribution is -1.87. The molecule has 0 radical (unpaired) electrons. The number of aliphatic hydroxyl groups excluding tert-OH is 1. The molecule has 0 fully saturated rings. The van der Waals surface area contributed by atoms with Gasteiger partial charge in [0, 0.05) is 0 Å².